The first kappa shape index (κ1) is 11.1. The molecule has 1 aliphatic rings. The van der Waals surface area contributed by atoms with Crippen LogP contribution in [0.3, 0.4) is 0 Å². The van der Waals surface area contributed by atoms with Crippen molar-refractivity contribution >= 4 is 16.8 Å². The van der Waals surface area contributed by atoms with Crippen LogP contribution in [0.1, 0.15) is 18.4 Å². The van der Waals surface area contributed by atoms with Crippen molar-refractivity contribution in [2.24, 2.45) is 0 Å². The second kappa shape index (κ2) is 4.37. The number of aromatic amines is 1. The summed E-state index contributed by atoms with van der Waals surface area (Å²) >= 11 is 0. The second-order valence-corrected chi connectivity index (χ2v) is 4.74. The van der Waals surface area contributed by atoms with Crippen LogP contribution in [-0.2, 0) is 11.2 Å². The zero-order chi connectivity index (χ0) is 12.5. The minimum atomic E-state index is 0.0984. The molecule has 0 saturated heterocycles. The van der Waals surface area contributed by atoms with E-state index >= 15 is 0 Å². The van der Waals surface area contributed by atoms with Gasteiger partial charge in [-0.1, -0.05) is 0 Å². The maximum Gasteiger partial charge on any atom is 0.224 e. The number of H-pyrrole nitrogens is 1. The van der Waals surface area contributed by atoms with Gasteiger partial charge in [-0.15, -0.1) is 0 Å². The van der Waals surface area contributed by atoms with Crippen molar-refractivity contribution in [2.45, 2.75) is 25.3 Å². The molecule has 1 aromatic heterocycles. The van der Waals surface area contributed by atoms with Crippen LogP contribution in [0.25, 0.3) is 10.9 Å². The molecular formula is C14H16N2O2. The Morgan fingerprint density at radius 1 is 1.50 bits per heavy atom. The molecule has 0 atom stereocenters. The highest BCUT2D eigenvalue weighted by Crippen LogP contribution is 2.24. The molecule has 0 unspecified atom stereocenters. The monoisotopic (exact) mass is 244 g/mol. The van der Waals surface area contributed by atoms with Gasteiger partial charge < -0.3 is 15.0 Å². The van der Waals surface area contributed by atoms with Crippen LogP contribution in [0.4, 0.5) is 0 Å². The van der Waals surface area contributed by atoms with Gasteiger partial charge in [-0.25, -0.2) is 0 Å². The van der Waals surface area contributed by atoms with Crippen LogP contribution >= 0.6 is 0 Å². The van der Waals surface area contributed by atoms with Gasteiger partial charge >= 0.3 is 0 Å². The number of carbonyl (C=O) groups excluding carboxylic acids is 1. The molecule has 4 nitrogen and oxygen atoms in total. The average molecular weight is 244 g/mol. The lowest BCUT2D eigenvalue weighted by molar-refractivity contribution is -0.120. The number of aromatic nitrogens is 1. The van der Waals surface area contributed by atoms with E-state index in [1.807, 2.05) is 24.4 Å². The summed E-state index contributed by atoms with van der Waals surface area (Å²) in [4.78, 5) is 15.0. The maximum atomic E-state index is 11.8. The van der Waals surface area contributed by atoms with Gasteiger partial charge in [-0.05, 0) is 36.6 Å². The summed E-state index contributed by atoms with van der Waals surface area (Å²) in [5.41, 5.74) is 2.05. The Kier molecular flexibility index (Phi) is 2.70. The molecule has 1 heterocycles. The van der Waals surface area contributed by atoms with E-state index in [2.05, 4.69) is 10.3 Å². The van der Waals surface area contributed by atoms with E-state index in [9.17, 15) is 4.79 Å². The minimum Gasteiger partial charge on any atom is -0.497 e. The molecule has 1 aliphatic carbocycles. The fourth-order valence-corrected chi connectivity index (χ4v) is 2.11. The van der Waals surface area contributed by atoms with Crippen molar-refractivity contribution < 1.29 is 9.53 Å². The van der Waals surface area contributed by atoms with Gasteiger partial charge in [-0.2, -0.15) is 0 Å². The Labute approximate surface area is 105 Å². The smallest absolute Gasteiger partial charge is 0.224 e. The van der Waals surface area contributed by atoms with Crippen LogP contribution in [0.5, 0.6) is 5.75 Å². The molecule has 0 radical (unpaired) electrons. The second-order valence-electron chi connectivity index (χ2n) is 4.74. The van der Waals surface area contributed by atoms with Crippen molar-refractivity contribution in [2.75, 3.05) is 7.11 Å². The molecule has 2 N–H and O–H groups in total. The highest BCUT2D eigenvalue weighted by atomic mass is 16.5. The van der Waals surface area contributed by atoms with E-state index in [-0.39, 0.29) is 5.91 Å². The van der Waals surface area contributed by atoms with Crippen LogP contribution < -0.4 is 10.1 Å². The molecule has 1 amide bonds. The lowest BCUT2D eigenvalue weighted by Gasteiger charge is -2.03. The molecule has 2 aromatic rings. The third-order valence-electron chi connectivity index (χ3n) is 3.27. The number of fused-ring (bicyclic) bond motifs is 1. The molecule has 4 heteroatoms. The predicted molar refractivity (Wildman–Crippen MR) is 69.7 cm³/mol. The summed E-state index contributed by atoms with van der Waals surface area (Å²) in [6.07, 6.45) is 4.56. The zero-order valence-electron chi connectivity index (χ0n) is 10.3. The van der Waals surface area contributed by atoms with Gasteiger partial charge in [-0.3, -0.25) is 4.79 Å². The number of benzene rings is 1. The average Bonchev–Trinajstić information content (AvgIpc) is 3.10. The first-order valence-electron chi connectivity index (χ1n) is 6.19. The van der Waals surface area contributed by atoms with Crippen molar-refractivity contribution in [3.8, 4) is 5.75 Å². The molecule has 0 aliphatic heterocycles. The van der Waals surface area contributed by atoms with Crippen LogP contribution in [-0.4, -0.2) is 24.0 Å². The molecular weight excluding hydrogens is 228 g/mol. The number of carbonyl (C=O) groups is 1. The third-order valence-corrected chi connectivity index (χ3v) is 3.27. The van der Waals surface area contributed by atoms with Crippen molar-refractivity contribution in [1.29, 1.82) is 0 Å². The van der Waals surface area contributed by atoms with Crippen LogP contribution in [0.15, 0.2) is 24.4 Å². The number of rotatable bonds is 4. The van der Waals surface area contributed by atoms with Gasteiger partial charge in [0, 0.05) is 23.1 Å². The number of hydrogen-bond acceptors (Lipinski definition) is 2. The van der Waals surface area contributed by atoms with Crippen molar-refractivity contribution in [1.82, 2.24) is 10.3 Å². The number of ether oxygens (including phenoxy) is 1. The summed E-state index contributed by atoms with van der Waals surface area (Å²) in [7, 11) is 1.65. The van der Waals surface area contributed by atoms with E-state index < -0.39 is 0 Å². The Balaban J connectivity index is 1.83. The van der Waals surface area contributed by atoms with Gasteiger partial charge in [0.25, 0.3) is 0 Å². The molecule has 0 spiro atoms. The summed E-state index contributed by atoms with van der Waals surface area (Å²) in [6.45, 7) is 0. The Hall–Kier alpha value is -1.97. The highest BCUT2D eigenvalue weighted by Gasteiger charge is 2.23. The molecule has 3 rings (SSSR count). The SMILES string of the molecule is COc1ccc2[nH]cc(CC(=O)NC3CC3)c2c1. The Bertz CT molecular complexity index is 584. The number of hydrogen-bond donors (Lipinski definition) is 2. The molecule has 1 fully saturated rings. The topological polar surface area (TPSA) is 54.1 Å². The van der Waals surface area contributed by atoms with Crippen molar-refractivity contribution in [3.05, 3.63) is 30.0 Å². The quantitative estimate of drug-likeness (QED) is 0.864. The van der Waals surface area contributed by atoms with Crippen molar-refractivity contribution in [3.63, 3.8) is 0 Å². The first-order valence-corrected chi connectivity index (χ1v) is 6.19. The molecule has 94 valence electrons. The van der Waals surface area contributed by atoms with Gasteiger partial charge in [0.15, 0.2) is 0 Å². The summed E-state index contributed by atoms with van der Waals surface area (Å²) in [5.74, 6) is 0.909. The summed E-state index contributed by atoms with van der Waals surface area (Å²) < 4.78 is 5.21. The number of methoxy groups -OCH3 is 1. The lowest BCUT2D eigenvalue weighted by Crippen LogP contribution is -2.26. The van der Waals surface area contributed by atoms with Crippen LogP contribution in [0, 0.1) is 0 Å². The first-order chi connectivity index (χ1) is 8.76. The lowest BCUT2D eigenvalue weighted by atomic mass is 10.1. The third kappa shape index (κ3) is 2.18. The van der Waals surface area contributed by atoms with Gasteiger partial charge in [0.05, 0.1) is 13.5 Å². The van der Waals surface area contributed by atoms with Gasteiger partial charge in [0.1, 0.15) is 5.75 Å². The largest absolute Gasteiger partial charge is 0.497 e. The van der Waals surface area contributed by atoms with E-state index in [1.54, 1.807) is 7.11 Å². The Morgan fingerprint density at radius 3 is 3.06 bits per heavy atom. The summed E-state index contributed by atoms with van der Waals surface area (Å²) in [6, 6.07) is 6.26. The fraction of sp³-hybridized carbons (Fsp3) is 0.357. The normalized spacial score (nSPS) is 14.7. The molecule has 0 bridgehead atoms. The Morgan fingerprint density at radius 2 is 2.33 bits per heavy atom. The fourth-order valence-electron chi connectivity index (χ4n) is 2.11. The predicted octanol–water partition coefficient (Wildman–Crippen LogP) is 2.00. The number of amides is 1. The minimum absolute atomic E-state index is 0.0984. The molecule has 1 aromatic carbocycles. The van der Waals surface area contributed by atoms with E-state index in [1.165, 1.54) is 0 Å². The highest BCUT2D eigenvalue weighted by molar-refractivity contribution is 5.89. The summed E-state index contributed by atoms with van der Waals surface area (Å²) in [5, 5.41) is 4.06. The standard InChI is InChI=1S/C14H16N2O2/c1-18-11-4-5-13-12(7-11)9(8-15-13)6-14(17)16-10-2-3-10/h4-5,7-8,10,15H,2-3,6H2,1H3,(H,16,17). The zero-order valence-corrected chi connectivity index (χ0v) is 10.3. The van der Waals surface area contributed by atoms with E-state index in [0.29, 0.717) is 12.5 Å². The van der Waals surface area contributed by atoms with E-state index in [4.69, 9.17) is 4.74 Å². The van der Waals surface area contributed by atoms with Gasteiger partial charge in [0.2, 0.25) is 5.91 Å². The molecule has 18 heavy (non-hydrogen) atoms. The molecule has 1 saturated carbocycles. The van der Waals surface area contributed by atoms with Crippen LogP contribution in [0.2, 0.25) is 0 Å². The number of nitrogens with one attached hydrogen (secondary N) is 2. The maximum absolute atomic E-state index is 11.8. The van der Waals surface area contributed by atoms with E-state index in [0.717, 1.165) is 35.1 Å².